The van der Waals surface area contributed by atoms with E-state index in [0.717, 1.165) is 16.6 Å². The zero-order valence-electron chi connectivity index (χ0n) is 9.49. The second-order valence-electron chi connectivity index (χ2n) is 3.59. The zero-order valence-corrected chi connectivity index (χ0v) is 10.2. The summed E-state index contributed by atoms with van der Waals surface area (Å²) in [7, 11) is 0. The predicted molar refractivity (Wildman–Crippen MR) is 72.2 cm³/mol. The Bertz CT molecular complexity index is 631. The molecule has 5 nitrogen and oxygen atoms in total. The summed E-state index contributed by atoms with van der Waals surface area (Å²) in [6, 6.07) is 5.76. The molecule has 1 aromatic carbocycles. The lowest BCUT2D eigenvalue weighted by atomic mass is 10.1. The average molecular weight is 260 g/mol. The van der Waals surface area contributed by atoms with Crippen molar-refractivity contribution in [3.05, 3.63) is 51.6 Å². The summed E-state index contributed by atoms with van der Waals surface area (Å²) in [5.41, 5.74) is 10.7. The minimum absolute atomic E-state index is 0.381. The normalized spacial score (nSPS) is 10.7. The molecule has 0 spiro atoms. The SMILES string of the molecule is [N-]=[N+]=NCCC=Cc1ccc2ncc(Cl)nc2c1. The monoisotopic (exact) mass is 259 g/mol. The summed E-state index contributed by atoms with van der Waals surface area (Å²) in [6.45, 7) is 0.464. The van der Waals surface area contributed by atoms with E-state index in [9.17, 15) is 0 Å². The minimum Gasteiger partial charge on any atom is -0.251 e. The Labute approximate surface area is 109 Å². The molecule has 0 aliphatic heterocycles. The number of rotatable bonds is 4. The van der Waals surface area contributed by atoms with Gasteiger partial charge in [0.1, 0.15) is 5.15 Å². The Balaban J connectivity index is 2.16. The summed E-state index contributed by atoms with van der Waals surface area (Å²) in [5.74, 6) is 0. The Kier molecular flexibility index (Phi) is 4.12. The predicted octanol–water partition coefficient (Wildman–Crippen LogP) is 4.00. The summed E-state index contributed by atoms with van der Waals surface area (Å²) in [4.78, 5) is 11.1. The Morgan fingerprint density at radius 3 is 3.11 bits per heavy atom. The van der Waals surface area contributed by atoms with E-state index in [1.165, 1.54) is 6.20 Å². The van der Waals surface area contributed by atoms with Crippen molar-refractivity contribution in [2.75, 3.05) is 6.54 Å². The van der Waals surface area contributed by atoms with Gasteiger partial charge in [-0.1, -0.05) is 34.9 Å². The summed E-state index contributed by atoms with van der Waals surface area (Å²) in [5, 5.41) is 3.84. The fraction of sp³-hybridized carbons (Fsp3) is 0.167. The molecule has 0 saturated heterocycles. The van der Waals surface area contributed by atoms with Crippen molar-refractivity contribution < 1.29 is 0 Å². The summed E-state index contributed by atoms with van der Waals surface area (Å²) < 4.78 is 0. The van der Waals surface area contributed by atoms with Crippen LogP contribution in [0.2, 0.25) is 5.15 Å². The number of halogens is 1. The Morgan fingerprint density at radius 2 is 2.28 bits per heavy atom. The average Bonchev–Trinajstić information content (AvgIpc) is 2.38. The van der Waals surface area contributed by atoms with Crippen molar-refractivity contribution in [2.24, 2.45) is 5.11 Å². The van der Waals surface area contributed by atoms with Gasteiger partial charge in [-0.15, -0.1) is 0 Å². The molecule has 2 rings (SSSR count). The van der Waals surface area contributed by atoms with E-state index in [0.29, 0.717) is 18.1 Å². The van der Waals surface area contributed by atoms with E-state index in [2.05, 4.69) is 20.0 Å². The van der Waals surface area contributed by atoms with Crippen LogP contribution in [0, 0.1) is 0 Å². The van der Waals surface area contributed by atoms with Gasteiger partial charge in [-0.25, -0.2) is 4.98 Å². The van der Waals surface area contributed by atoms with Gasteiger partial charge in [-0.05, 0) is 29.6 Å². The van der Waals surface area contributed by atoms with Crippen molar-refractivity contribution >= 4 is 28.7 Å². The topological polar surface area (TPSA) is 74.5 Å². The molecule has 6 heteroatoms. The first-order valence-electron chi connectivity index (χ1n) is 5.39. The molecule has 0 fully saturated rings. The molecule has 1 aromatic heterocycles. The van der Waals surface area contributed by atoms with Crippen LogP contribution in [0.25, 0.3) is 27.6 Å². The maximum absolute atomic E-state index is 8.13. The van der Waals surface area contributed by atoms with Gasteiger partial charge in [-0.3, -0.25) is 4.98 Å². The van der Waals surface area contributed by atoms with Crippen molar-refractivity contribution in [1.82, 2.24) is 9.97 Å². The molecule has 0 saturated carbocycles. The van der Waals surface area contributed by atoms with Crippen LogP contribution in [0.4, 0.5) is 0 Å². The van der Waals surface area contributed by atoms with Crippen molar-refractivity contribution in [3.63, 3.8) is 0 Å². The molecule has 0 N–H and O–H groups in total. The van der Waals surface area contributed by atoms with Gasteiger partial charge in [0.15, 0.2) is 0 Å². The highest BCUT2D eigenvalue weighted by molar-refractivity contribution is 6.29. The molecule has 0 aliphatic carbocycles. The van der Waals surface area contributed by atoms with Crippen LogP contribution in [0.15, 0.2) is 35.6 Å². The smallest absolute Gasteiger partial charge is 0.148 e. The third-order valence-electron chi connectivity index (χ3n) is 2.31. The maximum atomic E-state index is 8.13. The fourth-order valence-corrected chi connectivity index (χ4v) is 1.65. The summed E-state index contributed by atoms with van der Waals surface area (Å²) in [6.07, 6.45) is 6.14. The third-order valence-corrected chi connectivity index (χ3v) is 2.49. The molecule has 0 amide bonds. The van der Waals surface area contributed by atoms with Crippen LogP contribution in [-0.4, -0.2) is 16.5 Å². The number of fused-ring (bicyclic) bond motifs is 1. The minimum atomic E-state index is 0.381. The number of benzene rings is 1. The largest absolute Gasteiger partial charge is 0.251 e. The lowest BCUT2D eigenvalue weighted by Gasteiger charge is -1.98. The number of azide groups is 1. The first-order valence-corrected chi connectivity index (χ1v) is 5.77. The van der Waals surface area contributed by atoms with Crippen LogP contribution in [-0.2, 0) is 0 Å². The van der Waals surface area contributed by atoms with E-state index >= 15 is 0 Å². The van der Waals surface area contributed by atoms with Gasteiger partial charge in [0.25, 0.3) is 0 Å². The lowest BCUT2D eigenvalue weighted by molar-refractivity contribution is 0.996. The highest BCUT2D eigenvalue weighted by atomic mass is 35.5. The molecule has 0 radical (unpaired) electrons. The molecule has 18 heavy (non-hydrogen) atoms. The van der Waals surface area contributed by atoms with Gasteiger partial charge in [0.2, 0.25) is 0 Å². The number of nitrogens with zero attached hydrogens (tertiary/aromatic N) is 5. The highest BCUT2D eigenvalue weighted by Gasteiger charge is 1.98. The van der Waals surface area contributed by atoms with Gasteiger partial charge in [0, 0.05) is 11.5 Å². The van der Waals surface area contributed by atoms with Crippen LogP contribution in [0.5, 0.6) is 0 Å². The molecule has 0 atom stereocenters. The van der Waals surface area contributed by atoms with Crippen LogP contribution in [0.1, 0.15) is 12.0 Å². The van der Waals surface area contributed by atoms with Gasteiger partial charge >= 0.3 is 0 Å². The fourth-order valence-electron chi connectivity index (χ4n) is 1.51. The molecule has 0 unspecified atom stereocenters. The molecule has 0 bridgehead atoms. The van der Waals surface area contributed by atoms with Crippen molar-refractivity contribution in [2.45, 2.75) is 6.42 Å². The first-order chi connectivity index (χ1) is 8.79. The zero-order chi connectivity index (χ0) is 12.8. The Morgan fingerprint density at radius 1 is 1.39 bits per heavy atom. The van der Waals surface area contributed by atoms with Crippen LogP contribution < -0.4 is 0 Å². The highest BCUT2D eigenvalue weighted by Crippen LogP contribution is 2.15. The third kappa shape index (κ3) is 3.20. The maximum Gasteiger partial charge on any atom is 0.148 e. The molecule has 0 aliphatic rings. The number of aromatic nitrogens is 2. The van der Waals surface area contributed by atoms with Gasteiger partial charge in [-0.2, -0.15) is 0 Å². The van der Waals surface area contributed by atoms with Crippen LogP contribution >= 0.6 is 11.6 Å². The van der Waals surface area contributed by atoms with E-state index in [4.69, 9.17) is 17.1 Å². The molecular weight excluding hydrogens is 250 g/mol. The molecular formula is C12H10ClN5. The van der Waals surface area contributed by atoms with E-state index < -0.39 is 0 Å². The van der Waals surface area contributed by atoms with Crippen LogP contribution in [0.3, 0.4) is 0 Å². The second kappa shape index (κ2) is 6.00. The first kappa shape index (κ1) is 12.4. The second-order valence-corrected chi connectivity index (χ2v) is 3.97. The molecule has 90 valence electrons. The van der Waals surface area contributed by atoms with Gasteiger partial charge in [0.05, 0.1) is 17.2 Å². The quantitative estimate of drug-likeness (QED) is 0.360. The number of hydrogen-bond donors (Lipinski definition) is 0. The number of hydrogen-bond acceptors (Lipinski definition) is 3. The van der Waals surface area contributed by atoms with Crippen molar-refractivity contribution in [1.29, 1.82) is 0 Å². The van der Waals surface area contributed by atoms with Gasteiger partial charge < -0.3 is 0 Å². The molecule has 1 heterocycles. The van der Waals surface area contributed by atoms with E-state index in [1.807, 2.05) is 30.4 Å². The van der Waals surface area contributed by atoms with E-state index in [1.54, 1.807) is 0 Å². The van der Waals surface area contributed by atoms with E-state index in [-0.39, 0.29) is 0 Å². The standard InChI is InChI=1S/C12H10ClN5/c13-12-8-15-10-5-4-9(7-11(10)17-12)3-1-2-6-16-18-14/h1,3-5,7-8H,2,6H2. The lowest BCUT2D eigenvalue weighted by Crippen LogP contribution is -1.84. The Hall–Kier alpha value is -2.10. The van der Waals surface area contributed by atoms with Crippen molar-refractivity contribution in [3.8, 4) is 0 Å². The molecule has 2 aromatic rings. The summed E-state index contributed by atoms with van der Waals surface area (Å²) >= 11 is 5.79.